The third-order valence-corrected chi connectivity index (χ3v) is 3.97. The lowest BCUT2D eigenvalue weighted by atomic mass is 10.1. The molecule has 1 aliphatic rings. The van der Waals surface area contributed by atoms with E-state index >= 15 is 0 Å². The van der Waals surface area contributed by atoms with Crippen molar-refractivity contribution in [1.82, 2.24) is 10.2 Å². The molecular formula is C16H26N2O. The molecule has 3 heteroatoms. The Morgan fingerprint density at radius 1 is 1.32 bits per heavy atom. The molecule has 1 aromatic carbocycles. The minimum Gasteiger partial charge on any atom is -0.395 e. The van der Waals surface area contributed by atoms with Gasteiger partial charge in [-0.2, -0.15) is 0 Å². The predicted octanol–water partition coefficient (Wildman–Crippen LogP) is 1.66. The summed E-state index contributed by atoms with van der Waals surface area (Å²) >= 11 is 0. The second kappa shape index (κ2) is 7.04. The molecule has 106 valence electrons. The molecule has 2 atom stereocenters. The van der Waals surface area contributed by atoms with Gasteiger partial charge in [-0.1, -0.05) is 30.3 Å². The maximum atomic E-state index is 9.55. The van der Waals surface area contributed by atoms with Crippen molar-refractivity contribution in [3.8, 4) is 0 Å². The zero-order valence-electron chi connectivity index (χ0n) is 12.0. The molecule has 2 N–H and O–H groups in total. The Morgan fingerprint density at radius 2 is 2.05 bits per heavy atom. The number of nitrogens with zero attached hydrogens (tertiary/aromatic N) is 1. The fourth-order valence-electron chi connectivity index (χ4n) is 2.80. The van der Waals surface area contributed by atoms with Gasteiger partial charge in [0.2, 0.25) is 0 Å². The standard InChI is InChI=1S/C16H26N2O/c1-13(2)18-9-8-15(11-18)17-16(12-19)10-14-6-4-3-5-7-14/h3-7,13,15-17,19H,8-12H2,1-2H3/t15?,16-/m0/s1. The maximum Gasteiger partial charge on any atom is 0.0587 e. The normalized spacial score (nSPS) is 22.0. The molecule has 0 saturated carbocycles. The summed E-state index contributed by atoms with van der Waals surface area (Å²) in [7, 11) is 0. The van der Waals surface area contributed by atoms with Crippen molar-refractivity contribution in [2.45, 2.75) is 44.8 Å². The molecule has 0 bridgehead atoms. The van der Waals surface area contributed by atoms with Crippen LogP contribution in [-0.2, 0) is 6.42 Å². The van der Waals surface area contributed by atoms with E-state index < -0.39 is 0 Å². The second-order valence-corrected chi connectivity index (χ2v) is 5.81. The van der Waals surface area contributed by atoms with Crippen LogP contribution in [0, 0.1) is 0 Å². The Balaban J connectivity index is 1.83. The number of hydrogen-bond donors (Lipinski definition) is 2. The van der Waals surface area contributed by atoms with Crippen molar-refractivity contribution in [2.24, 2.45) is 0 Å². The van der Waals surface area contributed by atoms with Crippen LogP contribution in [-0.4, -0.2) is 47.8 Å². The van der Waals surface area contributed by atoms with Crippen molar-refractivity contribution in [3.63, 3.8) is 0 Å². The number of nitrogens with one attached hydrogen (secondary N) is 1. The molecule has 1 aliphatic heterocycles. The van der Waals surface area contributed by atoms with Crippen LogP contribution in [0.1, 0.15) is 25.8 Å². The van der Waals surface area contributed by atoms with E-state index in [1.165, 1.54) is 18.5 Å². The first-order valence-electron chi connectivity index (χ1n) is 7.34. The summed E-state index contributed by atoms with van der Waals surface area (Å²) in [6, 6.07) is 11.7. The molecular weight excluding hydrogens is 236 g/mol. The van der Waals surface area contributed by atoms with Crippen LogP contribution < -0.4 is 5.32 Å². The van der Waals surface area contributed by atoms with Crippen molar-refractivity contribution in [1.29, 1.82) is 0 Å². The Kier molecular flexibility index (Phi) is 5.37. The van der Waals surface area contributed by atoms with E-state index in [-0.39, 0.29) is 12.6 Å². The van der Waals surface area contributed by atoms with Crippen LogP contribution in [0.15, 0.2) is 30.3 Å². The van der Waals surface area contributed by atoms with E-state index in [9.17, 15) is 5.11 Å². The molecule has 1 fully saturated rings. The number of hydrogen-bond acceptors (Lipinski definition) is 3. The lowest BCUT2D eigenvalue weighted by molar-refractivity contribution is 0.223. The first kappa shape index (κ1) is 14.5. The van der Waals surface area contributed by atoms with E-state index in [0.717, 1.165) is 13.0 Å². The van der Waals surface area contributed by atoms with Gasteiger partial charge in [-0.25, -0.2) is 0 Å². The van der Waals surface area contributed by atoms with E-state index in [2.05, 4.69) is 48.3 Å². The van der Waals surface area contributed by atoms with Crippen molar-refractivity contribution >= 4 is 0 Å². The predicted molar refractivity (Wildman–Crippen MR) is 79.3 cm³/mol. The second-order valence-electron chi connectivity index (χ2n) is 5.81. The van der Waals surface area contributed by atoms with E-state index in [1.807, 2.05) is 6.07 Å². The Bertz CT molecular complexity index is 366. The molecule has 0 aromatic heterocycles. The van der Waals surface area contributed by atoms with Gasteiger partial charge in [0.25, 0.3) is 0 Å². The van der Waals surface area contributed by atoms with E-state index in [1.54, 1.807) is 0 Å². The molecule has 0 amide bonds. The van der Waals surface area contributed by atoms with Gasteiger partial charge in [0.15, 0.2) is 0 Å². The molecule has 1 aromatic rings. The quantitative estimate of drug-likeness (QED) is 0.818. The molecule has 1 saturated heterocycles. The van der Waals surface area contributed by atoms with Gasteiger partial charge in [-0.05, 0) is 38.8 Å². The molecule has 0 aliphatic carbocycles. The van der Waals surface area contributed by atoms with Crippen LogP contribution in [0.25, 0.3) is 0 Å². The summed E-state index contributed by atoms with van der Waals surface area (Å²) < 4.78 is 0. The number of aliphatic hydroxyl groups is 1. The van der Waals surface area contributed by atoms with Crippen LogP contribution >= 0.6 is 0 Å². The van der Waals surface area contributed by atoms with Gasteiger partial charge in [0.1, 0.15) is 0 Å². The van der Waals surface area contributed by atoms with Gasteiger partial charge in [-0.3, -0.25) is 4.90 Å². The lowest BCUT2D eigenvalue weighted by Crippen LogP contribution is -2.43. The summed E-state index contributed by atoms with van der Waals surface area (Å²) in [6.07, 6.45) is 2.08. The number of likely N-dealkylation sites (tertiary alicyclic amines) is 1. The third-order valence-electron chi connectivity index (χ3n) is 3.97. The highest BCUT2D eigenvalue weighted by molar-refractivity contribution is 5.16. The SMILES string of the molecule is CC(C)N1CCC(N[C@H](CO)Cc2ccccc2)C1. The fraction of sp³-hybridized carbons (Fsp3) is 0.625. The molecule has 0 spiro atoms. The summed E-state index contributed by atoms with van der Waals surface area (Å²) in [6.45, 7) is 6.96. The van der Waals surface area contributed by atoms with Gasteiger partial charge < -0.3 is 10.4 Å². The monoisotopic (exact) mass is 262 g/mol. The fourth-order valence-corrected chi connectivity index (χ4v) is 2.80. The zero-order valence-corrected chi connectivity index (χ0v) is 12.0. The minimum absolute atomic E-state index is 0.166. The number of rotatable bonds is 6. The van der Waals surface area contributed by atoms with Crippen LogP contribution in [0.2, 0.25) is 0 Å². The van der Waals surface area contributed by atoms with Gasteiger partial charge in [-0.15, -0.1) is 0 Å². The van der Waals surface area contributed by atoms with Crippen molar-refractivity contribution in [3.05, 3.63) is 35.9 Å². The number of benzene rings is 1. The lowest BCUT2D eigenvalue weighted by Gasteiger charge is -2.23. The maximum absolute atomic E-state index is 9.55. The molecule has 0 radical (unpaired) electrons. The van der Waals surface area contributed by atoms with E-state index in [0.29, 0.717) is 12.1 Å². The molecule has 1 heterocycles. The van der Waals surface area contributed by atoms with Gasteiger partial charge in [0.05, 0.1) is 6.61 Å². The number of aliphatic hydroxyl groups excluding tert-OH is 1. The van der Waals surface area contributed by atoms with Crippen LogP contribution in [0.5, 0.6) is 0 Å². The topological polar surface area (TPSA) is 35.5 Å². The first-order chi connectivity index (χ1) is 9.19. The smallest absolute Gasteiger partial charge is 0.0587 e. The highest BCUT2D eigenvalue weighted by Gasteiger charge is 2.25. The summed E-state index contributed by atoms with van der Waals surface area (Å²) in [5.74, 6) is 0. The van der Waals surface area contributed by atoms with E-state index in [4.69, 9.17) is 0 Å². The average molecular weight is 262 g/mol. The Morgan fingerprint density at radius 3 is 2.63 bits per heavy atom. The van der Waals surface area contributed by atoms with Gasteiger partial charge in [0, 0.05) is 24.7 Å². The molecule has 1 unspecified atom stereocenters. The van der Waals surface area contributed by atoms with Gasteiger partial charge >= 0.3 is 0 Å². The Hall–Kier alpha value is -0.900. The minimum atomic E-state index is 0.166. The van der Waals surface area contributed by atoms with Crippen molar-refractivity contribution < 1.29 is 5.11 Å². The summed E-state index contributed by atoms with van der Waals surface area (Å²) in [4.78, 5) is 2.49. The summed E-state index contributed by atoms with van der Waals surface area (Å²) in [5, 5.41) is 13.2. The van der Waals surface area contributed by atoms with Crippen LogP contribution in [0.4, 0.5) is 0 Å². The molecule has 19 heavy (non-hydrogen) atoms. The first-order valence-corrected chi connectivity index (χ1v) is 7.34. The highest BCUT2D eigenvalue weighted by Crippen LogP contribution is 2.13. The van der Waals surface area contributed by atoms with Crippen molar-refractivity contribution in [2.75, 3.05) is 19.7 Å². The zero-order chi connectivity index (χ0) is 13.7. The molecule has 3 nitrogen and oxygen atoms in total. The Labute approximate surface area is 116 Å². The molecule has 2 rings (SSSR count). The summed E-state index contributed by atoms with van der Waals surface area (Å²) in [5.41, 5.74) is 1.28. The average Bonchev–Trinajstić information content (AvgIpc) is 2.88. The van der Waals surface area contributed by atoms with Crippen LogP contribution in [0.3, 0.4) is 0 Å². The third kappa shape index (κ3) is 4.30. The largest absolute Gasteiger partial charge is 0.395 e. The highest BCUT2D eigenvalue weighted by atomic mass is 16.3.